The predicted molar refractivity (Wildman–Crippen MR) is 214 cm³/mol. The second kappa shape index (κ2) is 20.0. The van der Waals surface area contributed by atoms with Gasteiger partial charge in [-0.05, 0) is 67.6 Å². The summed E-state index contributed by atoms with van der Waals surface area (Å²) in [5, 5.41) is 11.7. The lowest BCUT2D eigenvalue weighted by molar-refractivity contribution is -0.328. The first-order chi connectivity index (χ1) is 29.7. The smallest absolute Gasteiger partial charge is 0.338 e. The molecule has 2 saturated heterocycles. The van der Waals surface area contributed by atoms with Crippen molar-refractivity contribution in [2.24, 2.45) is 0 Å². The third-order valence-corrected chi connectivity index (χ3v) is 10.0. The molecule has 0 saturated carbocycles. The van der Waals surface area contributed by atoms with Crippen LogP contribution in [0.15, 0.2) is 152 Å². The third-order valence-electron chi connectivity index (χ3n) is 10.0. The van der Waals surface area contributed by atoms with Crippen LogP contribution in [-0.2, 0) is 37.9 Å². The first-order valence-electron chi connectivity index (χ1n) is 19.5. The van der Waals surface area contributed by atoms with Gasteiger partial charge in [-0.1, -0.05) is 91.0 Å². The Morgan fingerprint density at radius 3 is 1.30 bits per heavy atom. The topological polar surface area (TPSA) is 179 Å². The summed E-state index contributed by atoms with van der Waals surface area (Å²) in [5.74, 6) is -4.13. The maximum atomic E-state index is 13.9. The van der Waals surface area contributed by atoms with Crippen LogP contribution in [0.5, 0.6) is 0 Å². The highest BCUT2D eigenvalue weighted by molar-refractivity contribution is 5.92. The van der Waals surface area contributed by atoms with Crippen molar-refractivity contribution in [2.75, 3.05) is 13.2 Å². The molecule has 2 fully saturated rings. The van der Waals surface area contributed by atoms with E-state index in [1.807, 2.05) is 0 Å². The molecule has 0 radical (unpaired) electrons. The lowest BCUT2D eigenvalue weighted by atomic mass is 9.96. The van der Waals surface area contributed by atoms with Gasteiger partial charge in [-0.15, -0.1) is 0 Å². The van der Waals surface area contributed by atoms with Crippen molar-refractivity contribution in [3.05, 3.63) is 179 Å². The van der Waals surface area contributed by atoms with Crippen LogP contribution in [0, 0.1) is 0 Å². The van der Waals surface area contributed by atoms with Crippen LogP contribution < -0.4 is 0 Å². The summed E-state index contributed by atoms with van der Waals surface area (Å²) >= 11 is 0. The average molecular weight is 831 g/mol. The fourth-order valence-electron chi connectivity index (χ4n) is 6.79. The van der Waals surface area contributed by atoms with Gasteiger partial charge in [0, 0.05) is 0 Å². The number of carbonyl (C=O) groups excluding carboxylic acids is 5. The zero-order valence-corrected chi connectivity index (χ0v) is 32.8. The molecule has 0 aliphatic carbocycles. The van der Waals surface area contributed by atoms with Crippen LogP contribution in [0.3, 0.4) is 0 Å². The summed E-state index contributed by atoms with van der Waals surface area (Å²) in [5.41, 5.74) is 0.778. The van der Waals surface area contributed by atoms with E-state index in [0.29, 0.717) is 0 Å². The van der Waals surface area contributed by atoms with Gasteiger partial charge in [0.05, 0.1) is 40.5 Å². The highest BCUT2D eigenvalue weighted by Gasteiger charge is 2.55. The van der Waals surface area contributed by atoms with Gasteiger partial charge in [-0.2, -0.15) is 0 Å². The van der Waals surface area contributed by atoms with Crippen LogP contribution in [0.25, 0.3) is 0 Å². The average Bonchev–Trinajstić information content (AvgIpc) is 3.30. The van der Waals surface area contributed by atoms with Crippen molar-refractivity contribution in [1.82, 2.24) is 0 Å². The molecule has 5 aromatic rings. The molecule has 1 N–H and O–H groups in total. The number of aliphatic hydroxyl groups excluding tert-OH is 1. The number of ether oxygens (including phenoxy) is 8. The first-order valence-corrected chi connectivity index (χ1v) is 19.5. The Bertz CT molecular complexity index is 2240. The minimum Gasteiger partial charge on any atom is -0.459 e. The molecular formula is C47H42O14. The van der Waals surface area contributed by atoms with Gasteiger partial charge in [0.1, 0.15) is 24.9 Å². The lowest BCUT2D eigenvalue weighted by Crippen LogP contribution is -2.65. The number of aliphatic hydroxyl groups is 1. The first kappa shape index (κ1) is 42.4. The Balaban J connectivity index is 1.26. The van der Waals surface area contributed by atoms with Crippen molar-refractivity contribution < 1.29 is 67.0 Å². The maximum Gasteiger partial charge on any atom is 0.338 e. The van der Waals surface area contributed by atoms with Crippen LogP contribution in [-0.4, -0.2) is 103 Å². The highest BCUT2D eigenvalue weighted by Crippen LogP contribution is 2.34. The van der Waals surface area contributed by atoms with Gasteiger partial charge in [-0.25, -0.2) is 24.0 Å². The molecule has 61 heavy (non-hydrogen) atoms. The molecule has 7 rings (SSSR count). The van der Waals surface area contributed by atoms with E-state index in [1.165, 1.54) is 36.4 Å². The molecule has 0 aromatic heterocycles. The summed E-state index contributed by atoms with van der Waals surface area (Å²) in [6.07, 6.45) is -13.1. The van der Waals surface area contributed by atoms with Crippen molar-refractivity contribution in [2.45, 2.75) is 62.0 Å². The van der Waals surface area contributed by atoms with E-state index >= 15 is 0 Å². The summed E-state index contributed by atoms with van der Waals surface area (Å²) in [7, 11) is 0. The zero-order chi connectivity index (χ0) is 42.7. The number of hydrogen-bond donors (Lipinski definition) is 1. The molecule has 0 amide bonds. The Morgan fingerprint density at radius 1 is 0.508 bits per heavy atom. The van der Waals surface area contributed by atoms with E-state index in [9.17, 15) is 29.1 Å². The molecule has 2 heterocycles. The van der Waals surface area contributed by atoms with E-state index in [4.69, 9.17) is 37.9 Å². The van der Waals surface area contributed by atoms with Gasteiger partial charge in [-0.3, -0.25) is 0 Å². The highest BCUT2D eigenvalue weighted by atomic mass is 16.7. The number of benzene rings is 5. The molecule has 2 aliphatic rings. The van der Waals surface area contributed by atoms with Crippen LogP contribution in [0.4, 0.5) is 0 Å². The molecule has 14 heteroatoms. The second-order valence-electron chi connectivity index (χ2n) is 14.2. The molecule has 3 unspecified atom stereocenters. The molecular weight excluding hydrogens is 789 g/mol. The third kappa shape index (κ3) is 10.5. The number of rotatable bonds is 13. The van der Waals surface area contributed by atoms with Crippen LogP contribution in [0.2, 0.25) is 0 Å². The normalized spacial score (nSPS) is 24.7. The van der Waals surface area contributed by atoms with E-state index in [1.54, 1.807) is 122 Å². The number of carbonyl (C=O) groups is 5. The van der Waals surface area contributed by atoms with E-state index in [-0.39, 0.29) is 34.4 Å². The molecule has 0 spiro atoms. The number of esters is 5. The Kier molecular flexibility index (Phi) is 13.9. The maximum absolute atomic E-state index is 13.9. The summed E-state index contributed by atoms with van der Waals surface area (Å²) in [6.45, 7) is 0.776. The van der Waals surface area contributed by atoms with Crippen LogP contribution >= 0.6 is 0 Å². The minimum absolute atomic E-state index is 0.105. The molecule has 5 aromatic carbocycles. The van der Waals surface area contributed by atoms with E-state index in [2.05, 4.69) is 0 Å². The number of hydrogen-bond acceptors (Lipinski definition) is 14. The minimum atomic E-state index is -1.73. The quantitative estimate of drug-likeness (QED) is 0.114. The SMILES string of the molecule is C[C@@H]1OC[C@H](O[C@@H]2OC(COC(=O)c3ccccc3)[C@H](OC(=O)c3ccccc3)[C@H](OC(=O)c3ccccc3)C2OC(=O)c2ccccc2)[C@H](O)C1OC(=O)c1ccccc1. The fraction of sp³-hybridized carbons (Fsp3) is 0.255. The molecule has 2 aliphatic heterocycles. The fourth-order valence-corrected chi connectivity index (χ4v) is 6.79. The Morgan fingerprint density at radius 2 is 0.869 bits per heavy atom. The monoisotopic (exact) mass is 830 g/mol. The van der Waals surface area contributed by atoms with Gasteiger partial charge >= 0.3 is 29.8 Å². The molecule has 314 valence electrons. The largest absolute Gasteiger partial charge is 0.459 e. The molecule has 14 nitrogen and oxygen atoms in total. The van der Waals surface area contributed by atoms with E-state index < -0.39 is 91.6 Å². The lowest BCUT2D eigenvalue weighted by Gasteiger charge is -2.46. The zero-order valence-electron chi connectivity index (χ0n) is 32.8. The summed E-state index contributed by atoms with van der Waals surface area (Å²) < 4.78 is 48.4. The van der Waals surface area contributed by atoms with E-state index in [0.717, 1.165) is 0 Å². The Labute approximate surface area is 350 Å². The van der Waals surface area contributed by atoms with Gasteiger partial charge < -0.3 is 43.0 Å². The van der Waals surface area contributed by atoms with Crippen LogP contribution in [0.1, 0.15) is 58.7 Å². The van der Waals surface area contributed by atoms with Crippen molar-refractivity contribution in [1.29, 1.82) is 0 Å². The van der Waals surface area contributed by atoms with Crippen molar-refractivity contribution in [3.63, 3.8) is 0 Å². The second-order valence-corrected chi connectivity index (χ2v) is 14.2. The van der Waals surface area contributed by atoms with Gasteiger partial charge in [0.15, 0.2) is 30.7 Å². The molecule has 9 atom stereocenters. The summed E-state index contributed by atoms with van der Waals surface area (Å²) in [4.78, 5) is 68.1. The van der Waals surface area contributed by atoms with Gasteiger partial charge in [0.2, 0.25) is 0 Å². The predicted octanol–water partition coefficient (Wildman–Crippen LogP) is 5.64. The summed E-state index contributed by atoms with van der Waals surface area (Å²) in [6, 6.07) is 40.1. The van der Waals surface area contributed by atoms with Crippen molar-refractivity contribution in [3.8, 4) is 0 Å². The van der Waals surface area contributed by atoms with Crippen molar-refractivity contribution >= 4 is 29.8 Å². The van der Waals surface area contributed by atoms with Gasteiger partial charge in [0.25, 0.3) is 0 Å². The standard InChI is InChI=1S/C47H42O14/c1-29-38(58-43(50)31-19-9-3-10-20-31)37(48)35(27-54-29)56-47-41(61-46(53)34-25-15-6-16-26-34)40(60-45(52)33-23-13-5-14-24-33)39(59-44(51)32-21-11-4-12-22-32)36(57-47)28-55-42(49)30-17-7-2-8-18-30/h2-26,29,35-41,47-48H,27-28H2,1H3/t29-,35-,36?,37-,38?,39-,40-,41?,47+/m0/s1. The Hall–Kier alpha value is -6.71. The molecule has 0 bridgehead atoms.